The molecule has 0 aliphatic carbocycles. The molecule has 0 fully saturated rings. The third-order valence-corrected chi connectivity index (χ3v) is 4.08. The molecule has 0 aromatic rings. The van der Waals surface area contributed by atoms with E-state index in [0.29, 0.717) is 6.29 Å². The number of aliphatic hydroxyl groups excluding tert-OH is 1. The molecule has 4 amide bonds. The summed E-state index contributed by atoms with van der Waals surface area (Å²) in [7, 11) is 7.59. The number of hydrogen-bond acceptors (Lipinski definition) is 7. The first-order valence-electron chi connectivity index (χ1n) is 10.7. The summed E-state index contributed by atoms with van der Waals surface area (Å²) in [5, 5.41) is 11.8. The lowest BCUT2D eigenvalue weighted by atomic mass is 10.3. The van der Waals surface area contributed by atoms with Gasteiger partial charge in [0.1, 0.15) is 12.9 Å². The molecule has 0 unspecified atom stereocenters. The van der Waals surface area contributed by atoms with E-state index in [9.17, 15) is 24.0 Å². The Labute approximate surface area is 192 Å². The number of aliphatic hydroxyl groups is 1. The number of amides is 4. The predicted molar refractivity (Wildman–Crippen MR) is 124 cm³/mol. The van der Waals surface area contributed by atoms with Crippen LogP contribution in [-0.4, -0.2) is 129 Å². The van der Waals surface area contributed by atoms with Crippen molar-refractivity contribution in [3.8, 4) is 0 Å². The van der Waals surface area contributed by atoms with Crippen LogP contribution in [0.25, 0.3) is 0 Å². The lowest BCUT2D eigenvalue weighted by Crippen LogP contribution is -2.46. The Kier molecular flexibility index (Phi) is 23.1. The normalized spacial score (nSPS) is 9.28. The van der Waals surface area contributed by atoms with Crippen LogP contribution < -0.4 is 5.32 Å². The Morgan fingerprint density at radius 2 is 1.16 bits per heavy atom. The molecule has 188 valence electrons. The van der Waals surface area contributed by atoms with E-state index in [4.69, 9.17) is 5.11 Å². The molecule has 2 N–H and O–H groups in total. The average molecular weight is 462 g/mol. The van der Waals surface area contributed by atoms with Crippen molar-refractivity contribution in [1.29, 1.82) is 0 Å². The molecule has 0 aromatic carbocycles. The van der Waals surface area contributed by atoms with E-state index in [2.05, 4.69) is 12.2 Å². The van der Waals surface area contributed by atoms with Gasteiger partial charge >= 0.3 is 0 Å². The van der Waals surface area contributed by atoms with Crippen molar-refractivity contribution < 1.29 is 29.1 Å². The van der Waals surface area contributed by atoms with Gasteiger partial charge in [0.15, 0.2) is 0 Å². The highest BCUT2D eigenvalue weighted by Crippen LogP contribution is 1.95. The largest absolute Gasteiger partial charge is 0.387 e. The number of aldehydes is 1. The fourth-order valence-corrected chi connectivity index (χ4v) is 1.92. The molecule has 32 heavy (non-hydrogen) atoms. The molecule has 0 saturated heterocycles. The summed E-state index contributed by atoms with van der Waals surface area (Å²) in [5.41, 5.74) is 0. The van der Waals surface area contributed by atoms with Crippen LogP contribution in [0.1, 0.15) is 33.6 Å². The zero-order valence-corrected chi connectivity index (χ0v) is 21.0. The first-order valence-corrected chi connectivity index (χ1v) is 10.7. The zero-order chi connectivity index (χ0) is 25.7. The maximum absolute atomic E-state index is 12.0. The number of nitrogens with one attached hydrogen (secondary N) is 1. The Morgan fingerprint density at radius 3 is 1.44 bits per heavy atom. The highest BCUT2D eigenvalue weighted by molar-refractivity contribution is 5.90. The Morgan fingerprint density at radius 1 is 0.781 bits per heavy atom. The lowest BCUT2D eigenvalue weighted by Gasteiger charge is -2.25. The van der Waals surface area contributed by atoms with E-state index in [1.807, 2.05) is 20.9 Å². The van der Waals surface area contributed by atoms with Crippen molar-refractivity contribution in [3.63, 3.8) is 0 Å². The van der Waals surface area contributed by atoms with Crippen LogP contribution in [0.5, 0.6) is 0 Å². The average Bonchev–Trinajstić information content (AvgIpc) is 2.78. The molecule has 0 saturated carbocycles. The number of carbonyl (C=O) groups excluding carboxylic acids is 5. The topological polar surface area (TPSA) is 131 Å². The van der Waals surface area contributed by atoms with Crippen LogP contribution in [0.15, 0.2) is 0 Å². The quantitative estimate of drug-likeness (QED) is 0.283. The molecule has 0 atom stereocenters. The summed E-state index contributed by atoms with van der Waals surface area (Å²) in [5.74, 6) is -1.95. The molecule has 0 aliphatic rings. The van der Waals surface area contributed by atoms with Crippen molar-refractivity contribution in [3.05, 3.63) is 0 Å². The zero-order valence-electron chi connectivity index (χ0n) is 21.0. The van der Waals surface area contributed by atoms with Gasteiger partial charge in [0.05, 0.1) is 26.2 Å². The van der Waals surface area contributed by atoms with E-state index in [1.165, 1.54) is 45.9 Å². The highest BCUT2D eigenvalue weighted by Gasteiger charge is 2.21. The third kappa shape index (κ3) is 17.2. The number of hydrogen-bond donors (Lipinski definition) is 2. The summed E-state index contributed by atoms with van der Waals surface area (Å²) in [6.45, 7) is 5.84. The predicted octanol–water partition coefficient (Wildman–Crippen LogP) is -0.957. The minimum Gasteiger partial charge on any atom is -0.387 e. The van der Waals surface area contributed by atoms with Crippen molar-refractivity contribution in [1.82, 2.24) is 24.9 Å². The van der Waals surface area contributed by atoms with Crippen molar-refractivity contribution in [2.24, 2.45) is 0 Å². The van der Waals surface area contributed by atoms with Gasteiger partial charge in [-0.05, 0) is 20.0 Å². The van der Waals surface area contributed by atoms with Crippen molar-refractivity contribution in [2.75, 3.05) is 74.6 Å². The van der Waals surface area contributed by atoms with Crippen LogP contribution in [0.2, 0.25) is 0 Å². The van der Waals surface area contributed by atoms with Gasteiger partial charge in [0, 0.05) is 28.2 Å². The maximum Gasteiger partial charge on any atom is 0.248 e. The first-order chi connectivity index (χ1) is 15.0. The fraction of sp³-hybridized carbons (Fsp3) is 0.762. The second-order valence-electron chi connectivity index (χ2n) is 6.81. The summed E-state index contributed by atoms with van der Waals surface area (Å²) in [4.78, 5) is 61.7. The highest BCUT2D eigenvalue weighted by atomic mass is 16.3. The van der Waals surface area contributed by atoms with Gasteiger partial charge in [0.25, 0.3) is 0 Å². The third-order valence-electron chi connectivity index (χ3n) is 4.08. The van der Waals surface area contributed by atoms with E-state index in [1.54, 1.807) is 0 Å². The SMILES string of the molecule is CC.CCCCNC.CN(CC=O)C(=O)CN(C)C(=O)CN(C)C(=O)CN(C)C(=O)CO. The van der Waals surface area contributed by atoms with E-state index in [0.717, 1.165) is 21.2 Å². The van der Waals surface area contributed by atoms with Crippen LogP contribution in [-0.2, 0) is 24.0 Å². The van der Waals surface area contributed by atoms with Crippen LogP contribution in [0.4, 0.5) is 0 Å². The molecular weight excluding hydrogens is 418 g/mol. The van der Waals surface area contributed by atoms with E-state index >= 15 is 0 Å². The summed E-state index contributed by atoms with van der Waals surface area (Å²) < 4.78 is 0. The number of rotatable bonds is 12. The molecule has 11 nitrogen and oxygen atoms in total. The molecule has 0 bridgehead atoms. The minimum atomic E-state index is -0.703. The molecule has 0 radical (unpaired) electrons. The van der Waals surface area contributed by atoms with E-state index < -0.39 is 30.2 Å². The lowest BCUT2D eigenvalue weighted by molar-refractivity contribution is -0.144. The van der Waals surface area contributed by atoms with Crippen LogP contribution >= 0.6 is 0 Å². The molecule has 0 rings (SSSR count). The number of carbonyl (C=O) groups is 5. The minimum absolute atomic E-state index is 0.0650. The van der Waals surface area contributed by atoms with Gasteiger partial charge < -0.3 is 34.8 Å². The molecular formula is C21H43N5O6. The van der Waals surface area contributed by atoms with Gasteiger partial charge in [-0.1, -0.05) is 27.2 Å². The Bertz CT molecular complexity index is 555. The maximum atomic E-state index is 12.0. The Hall–Kier alpha value is -2.53. The van der Waals surface area contributed by atoms with Gasteiger partial charge in [0.2, 0.25) is 23.6 Å². The van der Waals surface area contributed by atoms with Gasteiger partial charge in [-0.25, -0.2) is 0 Å². The molecule has 0 heterocycles. The number of unbranched alkanes of at least 4 members (excludes halogenated alkanes) is 1. The van der Waals surface area contributed by atoms with Crippen molar-refractivity contribution >= 4 is 29.9 Å². The summed E-state index contributed by atoms with van der Waals surface area (Å²) >= 11 is 0. The standard InChI is InChI=1S/C14H24N4O6.C5H13N.C2H6/c1-15(5-6-19)11(21)7-16(2)12(22)8-17(3)13(23)9-18(4)14(24)10-20;1-3-4-5-6-2;1-2/h6,20H,5,7-10H2,1-4H3;6H,3-5H2,1-2H3;1-2H3. The molecule has 11 heteroatoms. The molecule has 0 aromatic heterocycles. The van der Waals surface area contributed by atoms with Crippen molar-refractivity contribution in [2.45, 2.75) is 33.6 Å². The second kappa shape index (κ2) is 21.7. The van der Waals surface area contributed by atoms with E-state index in [-0.39, 0.29) is 26.2 Å². The van der Waals surface area contributed by atoms with Gasteiger partial charge in [-0.2, -0.15) is 0 Å². The van der Waals surface area contributed by atoms with Gasteiger partial charge in [-0.3, -0.25) is 19.2 Å². The number of likely N-dealkylation sites (N-methyl/N-ethyl adjacent to an activating group) is 4. The molecule has 0 aliphatic heterocycles. The smallest absolute Gasteiger partial charge is 0.248 e. The van der Waals surface area contributed by atoms with Gasteiger partial charge in [-0.15, -0.1) is 0 Å². The first kappa shape index (κ1) is 34.1. The Balaban J connectivity index is -0.000000899. The second-order valence-corrected chi connectivity index (χ2v) is 6.81. The molecule has 0 spiro atoms. The van der Waals surface area contributed by atoms with Crippen LogP contribution in [0.3, 0.4) is 0 Å². The van der Waals surface area contributed by atoms with Crippen LogP contribution in [0, 0.1) is 0 Å². The monoisotopic (exact) mass is 461 g/mol. The summed E-state index contributed by atoms with van der Waals surface area (Å²) in [6, 6.07) is 0. The number of nitrogens with zero attached hydrogens (tertiary/aromatic N) is 4. The fourth-order valence-electron chi connectivity index (χ4n) is 1.92. The summed E-state index contributed by atoms with van der Waals surface area (Å²) in [6.07, 6.45) is 3.17.